The van der Waals surface area contributed by atoms with Crippen LogP contribution in [0, 0.1) is 12.8 Å². The molecule has 5 rings (SSSR count). The summed E-state index contributed by atoms with van der Waals surface area (Å²) in [6.07, 6.45) is 9.29. The van der Waals surface area contributed by atoms with Crippen molar-refractivity contribution in [2.45, 2.75) is 64.8 Å². The van der Waals surface area contributed by atoms with Crippen LogP contribution in [0.2, 0.25) is 0 Å². The molecule has 5 nitrogen and oxygen atoms in total. The first-order chi connectivity index (χ1) is 17.6. The monoisotopic (exact) mass is 483 g/mol. The van der Waals surface area contributed by atoms with Gasteiger partial charge in [0.1, 0.15) is 12.6 Å². The predicted molar refractivity (Wildman–Crippen MR) is 144 cm³/mol. The SMILES string of the molecule is CCCCN(CC(=O)N1c2ccccc2-n2cccc2C1c1cccc(C)c1)C(=O)C1CCCCC1. The number of aromatic nitrogens is 1. The van der Waals surface area contributed by atoms with Crippen molar-refractivity contribution in [1.29, 1.82) is 0 Å². The van der Waals surface area contributed by atoms with E-state index in [0.717, 1.165) is 66.7 Å². The number of carbonyl (C=O) groups is 2. The first kappa shape index (κ1) is 24.4. The number of carbonyl (C=O) groups excluding carboxylic acids is 2. The smallest absolute Gasteiger partial charge is 0.247 e. The standard InChI is InChI=1S/C31H37N3O2/c1-3-4-19-32(31(36)24-13-6-5-7-14-24)22-29(35)34-27-17-9-8-16-26(27)33-20-11-18-28(33)30(34)25-15-10-12-23(2)21-25/h8-12,15-18,20-21,24,30H,3-7,13-14,19,22H2,1-2H3. The van der Waals surface area contributed by atoms with E-state index in [1.54, 1.807) is 0 Å². The second-order valence-electron chi connectivity index (χ2n) is 10.3. The highest BCUT2D eigenvalue weighted by Gasteiger charge is 2.37. The van der Waals surface area contributed by atoms with E-state index in [2.05, 4.69) is 61.0 Å². The van der Waals surface area contributed by atoms with Crippen LogP contribution < -0.4 is 4.90 Å². The third-order valence-corrected chi connectivity index (χ3v) is 7.72. The van der Waals surface area contributed by atoms with Crippen molar-refractivity contribution in [2.75, 3.05) is 18.0 Å². The third-order valence-electron chi connectivity index (χ3n) is 7.72. The zero-order valence-corrected chi connectivity index (χ0v) is 21.5. The molecule has 2 aromatic carbocycles. The Kier molecular flexibility index (Phi) is 7.26. The lowest BCUT2D eigenvalue weighted by Gasteiger charge is -2.40. The maximum Gasteiger partial charge on any atom is 0.247 e. The molecule has 1 aromatic heterocycles. The molecule has 0 spiro atoms. The summed E-state index contributed by atoms with van der Waals surface area (Å²) in [5.74, 6) is 0.195. The number of rotatable bonds is 7. The van der Waals surface area contributed by atoms with Gasteiger partial charge in [-0.05, 0) is 56.0 Å². The average molecular weight is 484 g/mol. The van der Waals surface area contributed by atoms with E-state index < -0.39 is 0 Å². The molecule has 3 aromatic rings. The number of fused-ring (bicyclic) bond motifs is 3. The molecule has 0 N–H and O–H groups in total. The fourth-order valence-corrected chi connectivity index (χ4v) is 5.88. The minimum atomic E-state index is -0.250. The zero-order valence-electron chi connectivity index (χ0n) is 21.5. The Morgan fingerprint density at radius 1 is 0.944 bits per heavy atom. The Bertz CT molecular complexity index is 1220. The minimum absolute atomic E-state index is 0.0262. The third kappa shape index (κ3) is 4.71. The van der Waals surface area contributed by atoms with Gasteiger partial charge < -0.3 is 9.47 Å². The highest BCUT2D eigenvalue weighted by molar-refractivity contribution is 6.00. The molecule has 1 aliphatic heterocycles. The predicted octanol–water partition coefficient (Wildman–Crippen LogP) is 6.43. The number of aryl methyl sites for hydroxylation is 1. The van der Waals surface area contributed by atoms with E-state index in [-0.39, 0.29) is 30.3 Å². The van der Waals surface area contributed by atoms with Crippen LogP contribution in [0.1, 0.15) is 74.7 Å². The Morgan fingerprint density at radius 2 is 1.72 bits per heavy atom. The summed E-state index contributed by atoms with van der Waals surface area (Å²) in [6.45, 7) is 4.97. The molecule has 1 atom stereocenters. The number of anilines is 1. The second-order valence-corrected chi connectivity index (χ2v) is 10.3. The van der Waals surface area contributed by atoms with Crippen LogP contribution in [-0.2, 0) is 9.59 Å². The van der Waals surface area contributed by atoms with Gasteiger partial charge in [0.25, 0.3) is 0 Å². The number of hydrogen-bond acceptors (Lipinski definition) is 2. The number of hydrogen-bond donors (Lipinski definition) is 0. The van der Waals surface area contributed by atoms with Crippen molar-refractivity contribution in [3.8, 4) is 5.69 Å². The van der Waals surface area contributed by atoms with Crippen LogP contribution in [0.15, 0.2) is 66.9 Å². The molecule has 0 saturated heterocycles. The summed E-state index contributed by atoms with van der Waals surface area (Å²) in [4.78, 5) is 31.6. The van der Waals surface area contributed by atoms with Gasteiger partial charge in [0.2, 0.25) is 11.8 Å². The maximum atomic E-state index is 14.2. The first-order valence-electron chi connectivity index (χ1n) is 13.5. The van der Waals surface area contributed by atoms with Crippen LogP contribution >= 0.6 is 0 Å². The van der Waals surface area contributed by atoms with Crippen LogP contribution in [0.3, 0.4) is 0 Å². The number of unbranched alkanes of at least 4 members (excludes halogenated alkanes) is 1. The van der Waals surface area contributed by atoms with Crippen molar-refractivity contribution >= 4 is 17.5 Å². The number of nitrogens with zero attached hydrogens (tertiary/aromatic N) is 3. The number of para-hydroxylation sites is 2. The van der Waals surface area contributed by atoms with Crippen molar-refractivity contribution in [3.63, 3.8) is 0 Å². The summed E-state index contributed by atoms with van der Waals surface area (Å²) >= 11 is 0. The van der Waals surface area contributed by atoms with Gasteiger partial charge in [-0.3, -0.25) is 14.5 Å². The lowest BCUT2D eigenvalue weighted by atomic mass is 9.88. The Hall–Kier alpha value is -3.34. The molecule has 0 radical (unpaired) electrons. The first-order valence-corrected chi connectivity index (χ1v) is 13.5. The molecule has 2 heterocycles. The summed E-state index contributed by atoms with van der Waals surface area (Å²) in [5.41, 5.74) is 5.18. The molecule has 2 aliphatic rings. The van der Waals surface area contributed by atoms with Crippen molar-refractivity contribution in [2.24, 2.45) is 5.92 Å². The van der Waals surface area contributed by atoms with Crippen molar-refractivity contribution < 1.29 is 9.59 Å². The number of amides is 2. The quantitative estimate of drug-likeness (QED) is 0.389. The Balaban J connectivity index is 1.52. The van der Waals surface area contributed by atoms with Gasteiger partial charge in [0.15, 0.2) is 0 Å². The van der Waals surface area contributed by atoms with E-state index in [9.17, 15) is 9.59 Å². The van der Waals surface area contributed by atoms with Crippen LogP contribution in [0.4, 0.5) is 5.69 Å². The van der Waals surface area contributed by atoms with Crippen LogP contribution in [-0.4, -0.2) is 34.4 Å². The largest absolute Gasteiger partial charge is 0.333 e. The molecule has 188 valence electrons. The summed E-state index contributed by atoms with van der Waals surface area (Å²) in [7, 11) is 0. The van der Waals surface area contributed by atoms with Gasteiger partial charge in [0, 0.05) is 18.7 Å². The lowest BCUT2D eigenvalue weighted by molar-refractivity contribution is -0.139. The molecular formula is C31H37N3O2. The van der Waals surface area contributed by atoms with E-state index in [1.807, 2.05) is 34.1 Å². The molecule has 0 bridgehead atoms. The van der Waals surface area contributed by atoms with Gasteiger partial charge >= 0.3 is 0 Å². The minimum Gasteiger partial charge on any atom is -0.333 e. The molecule has 36 heavy (non-hydrogen) atoms. The summed E-state index contributed by atoms with van der Waals surface area (Å²) in [5, 5.41) is 0. The average Bonchev–Trinajstić information content (AvgIpc) is 3.40. The van der Waals surface area contributed by atoms with Crippen molar-refractivity contribution in [3.05, 3.63) is 83.7 Å². The van der Waals surface area contributed by atoms with Gasteiger partial charge in [-0.2, -0.15) is 0 Å². The Morgan fingerprint density at radius 3 is 2.47 bits per heavy atom. The molecule has 1 saturated carbocycles. The van der Waals surface area contributed by atoms with Crippen LogP contribution in [0.25, 0.3) is 5.69 Å². The molecule has 1 unspecified atom stereocenters. The highest BCUT2D eigenvalue weighted by Crippen LogP contribution is 2.42. The zero-order chi connectivity index (χ0) is 25.1. The van der Waals surface area contributed by atoms with E-state index >= 15 is 0 Å². The molecular weight excluding hydrogens is 446 g/mol. The lowest BCUT2D eigenvalue weighted by Crippen LogP contribution is -2.48. The van der Waals surface area contributed by atoms with E-state index in [0.29, 0.717) is 6.54 Å². The second kappa shape index (κ2) is 10.7. The van der Waals surface area contributed by atoms with Gasteiger partial charge in [-0.25, -0.2) is 0 Å². The van der Waals surface area contributed by atoms with Crippen molar-refractivity contribution in [1.82, 2.24) is 9.47 Å². The van der Waals surface area contributed by atoms with E-state index in [1.165, 1.54) is 6.42 Å². The summed E-state index contributed by atoms with van der Waals surface area (Å²) in [6, 6.07) is 20.4. The summed E-state index contributed by atoms with van der Waals surface area (Å²) < 4.78 is 2.19. The molecule has 1 fully saturated rings. The topological polar surface area (TPSA) is 45.6 Å². The van der Waals surface area contributed by atoms with Crippen LogP contribution in [0.5, 0.6) is 0 Å². The maximum absolute atomic E-state index is 14.2. The molecule has 5 heteroatoms. The molecule has 2 amide bonds. The highest BCUT2D eigenvalue weighted by atomic mass is 16.2. The van der Waals surface area contributed by atoms with Gasteiger partial charge in [0.05, 0.1) is 17.1 Å². The van der Waals surface area contributed by atoms with E-state index in [4.69, 9.17) is 0 Å². The van der Waals surface area contributed by atoms with Gasteiger partial charge in [-0.15, -0.1) is 0 Å². The number of benzene rings is 2. The van der Waals surface area contributed by atoms with Gasteiger partial charge in [-0.1, -0.05) is 74.6 Å². The molecule has 1 aliphatic carbocycles. The fourth-order valence-electron chi connectivity index (χ4n) is 5.88. The Labute approximate surface area is 214 Å². The fraction of sp³-hybridized carbons (Fsp3) is 0.419. The normalized spacial score (nSPS) is 17.4.